The van der Waals surface area contributed by atoms with E-state index in [9.17, 15) is 61.0 Å². The van der Waals surface area contributed by atoms with Gasteiger partial charge in [-0.1, -0.05) is 396 Å². The summed E-state index contributed by atoms with van der Waals surface area (Å²) < 4.78 is 34.6. The van der Waals surface area contributed by atoms with Crippen LogP contribution in [0.4, 0.5) is 0 Å². The van der Waals surface area contributed by atoms with Crippen LogP contribution in [-0.2, 0) is 33.2 Å². The highest BCUT2D eigenvalue weighted by Gasteiger charge is 2.54. The largest absolute Gasteiger partial charge is 0.394 e. The van der Waals surface area contributed by atoms with Crippen LogP contribution in [0.25, 0.3) is 0 Å². The topological polar surface area (TPSA) is 307 Å². The highest BCUT2D eigenvalue weighted by Crippen LogP contribution is 2.34. The molecule has 0 radical (unpaired) electrons. The standard InChI is InChI=1S/C93H173NO18/c1-3-5-7-9-11-13-15-17-19-21-23-25-27-29-31-33-34-35-36-37-38-39-40-41-42-43-45-47-49-51-53-55-57-59-61-63-65-67-69-71-81(99)94-76(77(98)70-68-66-64-62-60-58-56-54-52-50-48-46-44-32-30-28-26-24-22-20-18-16-14-12-10-8-6-4-2)75-107-91-87(105)84(102)89(79(73-96)109-91)112-93-88(106)85(103)90(80(74-97)110-93)111-92-86(104)83(101)82(100)78(72-95)108-92/h5,7,11,13,17,19,23,25,76-80,82-93,95-98,100-106H,3-4,6,8-10,12,14-16,18,20-22,24,26-75H2,1-2H3,(H,94,99)/b7-5-,13-11-,19-17-,25-23-. The zero-order chi connectivity index (χ0) is 81.0. The summed E-state index contributed by atoms with van der Waals surface area (Å²) in [5.41, 5.74) is 0. The van der Waals surface area contributed by atoms with Crippen molar-refractivity contribution >= 4 is 5.91 Å². The highest BCUT2D eigenvalue weighted by atomic mass is 16.8. The van der Waals surface area contributed by atoms with E-state index >= 15 is 0 Å². The van der Waals surface area contributed by atoms with E-state index in [1.54, 1.807) is 0 Å². The van der Waals surface area contributed by atoms with Gasteiger partial charge in [-0.05, 0) is 51.4 Å². The zero-order valence-electron chi connectivity index (χ0n) is 71.2. The molecule has 658 valence electrons. The number of hydrogen-bond acceptors (Lipinski definition) is 18. The molecule has 0 spiro atoms. The Bertz CT molecular complexity index is 2200. The Kier molecular flexibility index (Phi) is 67.5. The van der Waals surface area contributed by atoms with Gasteiger partial charge in [-0.3, -0.25) is 4.79 Å². The first kappa shape index (κ1) is 104. The fourth-order valence-electron chi connectivity index (χ4n) is 16.0. The lowest BCUT2D eigenvalue weighted by molar-refractivity contribution is -0.379. The van der Waals surface area contributed by atoms with Crippen LogP contribution < -0.4 is 5.32 Å². The Balaban J connectivity index is 1.29. The third-order valence-corrected chi connectivity index (χ3v) is 23.4. The first-order valence-electron chi connectivity index (χ1n) is 46.9. The maximum atomic E-state index is 13.6. The van der Waals surface area contributed by atoms with Crippen molar-refractivity contribution in [3.8, 4) is 0 Å². The van der Waals surface area contributed by atoms with E-state index in [1.165, 1.54) is 302 Å². The van der Waals surface area contributed by atoms with Crippen molar-refractivity contribution in [3.63, 3.8) is 0 Å². The molecule has 0 aromatic heterocycles. The molecule has 3 aliphatic rings. The molecule has 0 bridgehead atoms. The molecule has 12 N–H and O–H groups in total. The molecule has 3 saturated heterocycles. The summed E-state index contributed by atoms with van der Waals surface area (Å²) in [5, 5.41) is 121. The van der Waals surface area contributed by atoms with Gasteiger partial charge >= 0.3 is 0 Å². The van der Waals surface area contributed by atoms with E-state index in [-0.39, 0.29) is 18.9 Å². The van der Waals surface area contributed by atoms with Crippen LogP contribution in [0.5, 0.6) is 0 Å². The summed E-state index contributed by atoms with van der Waals surface area (Å²) in [7, 11) is 0. The maximum absolute atomic E-state index is 13.6. The number of aliphatic hydroxyl groups excluding tert-OH is 11. The monoisotopic (exact) mass is 1590 g/mol. The van der Waals surface area contributed by atoms with Gasteiger partial charge in [-0.2, -0.15) is 0 Å². The number of allylic oxidation sites excluding steroid dienone is 8. The van der Waals surface area contributed by atoms with Crippen molar-refractivity contribution in [2.75, 3.05) is 26.4 Å². The SMILES string of the molecule is CC/C=C\C/C=C\C/C=C\C/C=C\CCCCCCCCCCCCCCCCCCCCCCCCCCCCC(=O)NC(COC1OC(CO)C(OC2OC(CO)C(OC3OC(CO)C(O)C(O)C3O)C(O)C2O)C(O)C1O)C(O)CCCCCCCCCCCCCCCCCCCCCCCCCCCCCC. The van der Waals surface area contributed by atoms with Crippen LogP contribution in [0, 0.1) is 0 Å². The molecule has 1 amide bonds. The second kappa shape index (κ2) is 72.7. The molecule has 3 heterocycles. The Morgan fingerprint density at radius 1 is 0.330 bits per heavy atom. The number of carbonyl (C=O) groups excluding carboxylic acids is 1. The molecule has 0 aromatic carbocycles. The zero-order valence-corrected chi connectivity index (χ0v) is 71.2. The Labute approximate surface area is 682 Å². The number of rotatable bonds is 77. The van der Waals surface area contributed by atoms with Crippen LogP contribution in [0.2, 0.25) is 0 Å². The van der Waals surface area contributed by atoms with E-state index in [2.05, 4.69) is 67.8 Å². The number of nitrogens with one attached hydrogen (secondary N) is 1. The van der Waals surface area contributed by atoms with Crippen LogP contribution >= 0.6 is 0 Å². The van der Waals surface area contributed by atoms with Crippen LogP contribution in [-0.4, -0.2) is 193 Å². The van der Waals surface area contributed by atoms with Crippen LogP contribution in [0.3, 0.4) is 0 Å². The quantitative estimate of drug-likeness (QED) is 0.0199. The fraction of sp³-hybridized carbons (Fsp3) is 0.903. The molecule has 112 heavy (non-hydrogen) atoms. The van der Waals surface area contributed by atoms with E-state index in [0.717, 1.165) is 70.6 Å². The fourth-order valence-corrected chi connectivity index (χ4v) is 16.0. The second-order valence-electron chi connectivity index (χ2n) is 33.5. The lowest BCUT2D eigenvalue weighted by Crippen LogP contribution is -2.66. The third-order valence-electron chi connectivity index (χ3n) is 23.4. The van der Waals surface area contributed by atoms with Crippen molar-refractivity contribution in [1.82, 2.24) is 5.32 Å². The number of amides is 1. The Hall–Kier alpha value is -2.25. The summed E-state index contributed by atoms with van der Waals surface area (Å²) in [6, 6.07) is -0.888. The summed E-state index contributed by atoms with van der Waals surface area (Å²) in [4.78, 5) is 13.6. The minimum Gasteiger partial charge on any atom is -0.394 e. The minimum atomic E-state index is -1.97. The molecular weight excluding hydrogens is 1420 g/mol. The lowest BCUT2D eigenvalue weighted by Gasteiger charge is -2.48. The number of ether oxygens (including phenoxy) is 6. The molecule has 3 aliphatic heterocycles. The molecule has 0 saturated carbocycles. The molecule has 3 rings (SSSR count). The predicted molar refractivity (Wildman–Crippen MR) is 452 cm³/mol. The van der Waals surface area contributed by atoms with Gasteiger partial charge in [-0.15, -0.1) is 0 Å². The normalized spacial score (nSPS) is 25.1. The summed E-state index contributed by atoms with van der Waals surface area (Å²) in [6.07, 6.45) is 68.1. The Morgan fingerprint density at radius 2 is 0.616 bits per heavy atom. The maximum Gasteiger partial charge on any atom is 0.220 e. The molecule has 17 atom stereocenters. The first-order valence-corrected chi connectivity index (χ1v) is 46.9. The minimum absolute atomic E-state index is 0.233. The number of hydrogen-bond donors (Lipinski definition) is 12. The van der Waals surface area contributed by atoms with E-state index < -0.39 is 124 Å². The highest BCUT2D eigenvalue weighted by molar-refractivity contribution is 5.76. The van der Waals surface area contributed by atoms with Crippen molar-refractivity contribution < 1.29 is 89.4 Å². The lowest BCUT2D eigenvalue weighted by atomic mass is 9.96. The molecule has 3 fully saturated rings. The first-order chi connectivity index (χ1) is 54.8. The van der Waals surface area contributed by atoms with Gasteiger partial charge in [0, 0.05) is 6.42 Å². The number of carbonyl (C=O) groups is 1. The number of aliphatic hydroxyl groups is 11. The van der Waals surface area contributed by atoms with E-state index in [4.69, 9.17) is 28.4 Å². The van der Waals surface area contributed by atoms with Crippen molar-refractivity contribution in [3.05, 3.63) is 48.6 Å². The van der Waals surface area contributed by atoms with Gasteiger partial charge in [0.05, 0.1) is 38.6 Å². The van der Waals surface area contributed by atoms with Crippen LogP contribution in [0.15, 0.2) is 48.6 Å². The third kappa shape index (κ3) is 50.6. The smallest absolute Gasteiger partial charge is 0.220 e. The van der Waals surface area contributed by atoms with Gasteiger partial charge in [0.25, 0.3) is 0 Å². The van der Waals surface area contributed by atoms with Crippen molar-refractivity contribution in [2.24, 2.45) is 0 Å². The predicted octanol–water partition coefficient (Wildman–Crippen LogP) is 18.4. The van der Waals surface area contributed by atoms with Gasteiger partial charge in [-0.25, -0.2) is 0 Å². The van der Waals surface area contributed by atoms with Gasteiger partial charge in [0.2, 0.25) is 5.91 Å². The Morgan fingerprint density at radius 3 is 0.964 bits per heavy atom. The molecule has 17 unspecified atom stereocenters. The number of unbranched alkanes of at least 4 members (excludes halogenated alkanes) is 53. The van der Waals surface area contributed by atoms with Gasteiger partial charge in [0.1, 0.15) is 73.2 Å². The van der Waals surface area contributed by atoms with E-state index in [0.29, 0.717) is 12.8 Å². The molecule has 19 nitrogen and oxygen atoms in total. The van der Waals surface area contributed by atoms with Crippen molar-refractivity contribution in [1.29, 1.82) is 0 Å². The molecule has 0 aromatic rings. The van der Waals surface area contributed by atoms with Crippen molar-refractivity contribution in [2.45, 2.75) is 510 Å². The molecule has 0 aliphatic carbocycles. The van der Waals surface area contributed by atoms with Gasteiger partial charge in [0.15, 0.2) is 18.9 Å². The molecule has 19 heteroatoms. The average molecular weight is 1590 g/mol. The summed E-state index contributed by atoms with van der Waals surface area (Å²) in [6.45, 7) is 1.76. The van der Waals surface area contributed by atoms with Gasteiger partial charge < -0.3 is 89.9 Å². The second-order valence-corrected chi connectivity index (χ2v) is 33.5. The summed E-state index contributed by atoms with van der Waals surface area (Å²) >= 11 is 0. The summed E-state index contributed by atoms with van der Waals surface area (Å²) in [5.74, 6) is -0.233. The van der Waals surface area contributed by atoms with E-state index in [1.807, 2.05) is 0 Å². The van der Waals surface area contributed by atoms with Crippen LogP contribution in [0.1, 0.15) is 406 Å². The molecular formula is C93H173NO18. The average Bonchev–Trinajstić information content (AvgIpc) is 0.780.